The summed E-state index contributed by atoms with van der Waals surface area (Å²) in [7, 11) is 0. The second-order valence-corrected chi connectivity index (χ2v) is 10.9. The summed E-state index contributed by atoms with van der Waals surface area (Å²) in [6.07, 6.45) is 5.58. The normalized spacial score (nSPS) is 25.2. The van der Waals surface area contributed by atoms with Crippen molar-refractivity contribution in [1.82, 2.24) is 24.8 Å². The maximum atomic E-state index is 13.6. The van der Waals surface area contributed by atoms with Crippen LogP contribution in [-0.4, -0.2) is 74.5 Å². The number of nitrogens with zero attached hydrogens (tertiary/aromatic N) is 5. The first-order valence-electron chi connectivity index (χ1n) is 13.3. The molecule has 1 aliphatic heterocycles. The van der Waals surface area contributed by atoms with Crippen molar-refractivity contribution in [1.29, 1.82) is 0 Å². The summed E-state index contributed by atoms with van der Waals surface area (Å²) in [5.74, 6) is -0.376. The van der Waals surface area contributed by atoms with E-state index in [1.807, 2.05) is 29.9 Å². The zero-order chi connectivity index (χ0) is 25.6. The third kappa shape index (κ3) is 4.44. The fraction of sp³-hybridized carbons (Fsp3) is 0.448. The van der Waals surface area contributed by atoms with Gasteiger partial charge in [-0.1, -0.05) is 53.2 Å². The fourth-order valence-electron chi connectivity index (χ4n) is 6.44. The molecule has 0 radical (unpaired) electrons. The first kappa shape index (κ1) is 23.9. The monoisotopic (exact) mass is 499 g/mol. The van der Waals surface area contributed by atoms with E-state index in [1.54, 1.807) is 12.1 Å². The first-order valence-corrected chi connectivity index (χ1v) is 13.3. The molecule has 0 bridgehead atoms. The van der Waals surface area contributed by atoms with Crippen molar-refractivity contribution in [2.45, 2.75) is 38.6 Å². The predicted molar refractivity (Wildman–Crippen MR) is 139 cm³/mol. The molecule has 0 unspecified atom stereocenters. The van der Waals surface area contributed by atoms with Crippen LogP contribution >= 0.6 is 0 Å². The van der Waals surface area contributed by atoms with E-state index >= 15 is 0 Å². The van der Waals surface area contributed by atoms with Crippen LogP contribution in [0.1, 0.15) is 46.8 Å². The fourth-order valence-corrected chi connectivity index (χ4v) is 6.44. The summed E-state index contributed by atoms with van der Waals surface area (Å²) in [5, 5.41) is 18.3. The quantitative estimate of drug-likeness (QED) is 0.533. The van der Waals surface area contributed by atoms with Crippen LogP contribution in [0.3, 0.4) is 0 Å². The van der Waals surface area contributed by atoms with E-state index in [4.69, 9.17) is 0 Å². The number of carbonyl (C=O) groups excluding carboxylic acids is 1. The molecule has 2 saturated carbocycles. The molecule has 3 aliphatic rings. The van der Waals surface area contributed by atoms with Crippen LogP contribution in [0, 0.1) is 18.3 Å². The third-order valence-electron chi connectivity index (χ3n) is 8.66. The van der Waals surface area contributed by atoms with Crippen molar-refractivity contribution < 1.29 is 14.7 Å². The number of aryl methyl sites for hydroxylation is 1. The van der Waals surface area contributed by atoms with Gasteiger partial charge in [0.2, 0.25) is 5.91 Å². The van der Waals surface area contributed by atoms with Gasteiger partial charge in [-0.15, -0.1) is 5.10 Å². The maximum Gasteiger partial charge on any atom is 0.336 e. The molecule has 1 aromatic heterocycles. The van der Waals surface area contributed by atoms with Gasteiger partial charge in [0.25, 0.3) is 0 Å². The van der Waals surface area contributed by atoms with Gasteiger partial charge in [0.1, 0.15) is 5.69 Å². The number of carboxylic acids is 1. The molecule has 0 spiro atoms. The van der Waals surface area contributed by atoms with Crippen molar-refractivity contribution >= 4 is 11.9 Å². The summed E-state index contributed by atoms with van der Waals surface area (Å²) in [6.45, 7) is 6.35. The number of fused-ring (bicyclic) bond motifs is 1. The average Bonchev–Trinajstić information content (AvgIpc) is 3.25. The molecule has 8 nitrogen and oxygen atoms in total. The lowest BCUT2D eigenvalue weighted by Gasteiger charge is -2.36. The molecular weight excluding hydrogens is 466 g/mol. The molecular formula is C29H33N5O3. The number of carbonyl (C=O) groups is 2. The second kappa shape index (κ2) is 9.41. The smallest absolute Gasteiger partial charge is 0.336 e. The van der Waals surface area contributed by atoms with Gasteiger partial charge in [-0.05, 0) is 50.2 Å². The lowest BCUT2D eigenvalue weighted by atomic mass is 10.0. The Morgan fingerprint density at radius 1 is 1.08 bits per heavy atom. The highest BCUT2D eigenvalue weighted by atomic mass is 16.4. The van der Waals surface area contributed by atoms with Crippen LogP contribution in [0.5, 0.6) is 0 Å². The molecule has 6 rings (SSSR count). The molecule has 37 heavy (non-hydrogen) atoms. The van der Waals surface area contributed by atoms with E-state index in [1.165, 1.54) is 5.56 Å². The molecule has 192 valence electrons. The van der Waals surface area contributed by atoms with E-state index in [2.05, 4.69) is 44.4 Å². The van der Waals surface area contributed by atoms with Crippen LogP contribution in [0.25, 0.3) is 11.3 Å². The zero-order valence-corrected chi connectivity index (χ0v) is 21.2. The van der Waals surface area contributed by atoms with Crippen molar-refractivity contribution in [3.63, 3.8) is 0 Å². The summed E-state index contributed by atoms with van der Waals surface area (Å²) < 4.78 is 1.87. The Hall–Kier alpha value is -3.52. The Morgan fingerprint density at radius 3 is 2.59 bits per heavy atom. The maximum absolute atomic E-state index is 13.6. The van der Waals surface area contributed by atoms with Gasteiger partial charge in [-0.3, -0.25) is 9.69 Å². The number of carboxylic acid groups (broad SMARTS) is 1. The van der Waals surface area contributed by atoms with Crippen molar-refractivity contribution in [2.24, 2.45) is 11.3 Å². The van der Waals surface area contributed by atoms with Gasteiger partial charge in [0.15, 0.2) is 0 Å². The molecule has 1 amide bonds. The molecule has 1 saturated heterocycles. The Bertz CT molecular complexity index is 1310. The molecule has 2 heterocycles. The molecule has 3 aromatic rings. The van der Waals surface area contributed by atoms with Crippen molar-refractivity contribution in [3.8, 4) is 11.3 Å². The van der Waals surface area contributed by atoms with Gasteiger partial charge < -0.3 is 10.0 Å². The summed E-state index contributed by atoms with van der Waals surface area (Å²) in [5.41, 5.74) is 3.37. The van der Waals surface area contributed by atoms with Crippen molar-refractivity contribution in [3.05, 3.63) is 71.4 Å². The standard InChI is InChI=1S/C29H33N5O3/c1-20-7-8-22(23(17-20)27(35)36)25-19-34(31-30-25)26-9-11-29(18-24(26)29)28(37)33-15-13-32(14-16-33)12-10-21-5-3-2-4-6-21/h2-8,17,19,24,26H,9-16,18H2,1H3,(H,35,36)/t24-,26+,29+/m0/s1. The van der Waals surface area contributed by atoms with E-state index in [0.717, 1.165) is 64.0 Å². The highest BCUT2D eigenvalue weighted by Gasteiger charge is 2.67. The van der Waals surface area contributed by atoms with Crippen LogP contribution < -0.4 is 0 Å². The Morgan fingerprint density at radius 2 is 1.86 bits per heavy atom. The minimum absolute atomic E-state index is 0.135. The van der Waals surface area contributed by atoms with E-state index in [9.17, 15) is 14.7 Å². The molecule has 2 aliphatic carbocycles. The van der Waals surface area contributed by atoms with E-state index < -0.39 is 5.97 Å². The lowest BCUT2D eigenvalue weighted by Crippen LogP contribution is -2.51. The van der Waals surface area contributed by atoms with Gasteiger partial charge in [-0.2, -0.15) is 0 Å². The number of aromatic carboxylic acids is 1. The van der Waals surface area contributed by atoms with Gasteiger partial charge >= 0.3 is 5.97 Å². The first-order chi connectivity index (χ1) is 17.9. The number of piperazine rings is 1. The second-order valence-electron chi connectivity index (χ2n) is 10.9. The summed E-state index contributed by atoms with van der Waals surface area (Å²) >= 11 is 0. The SMILES string of the molecule is Cc1ccc(-c2cn([C@@H]3CC[C@@]4(C(=O)N5CCN(CCc6ccccc6)CC5)C[C@@H]34)nn2)c(C(=O)O)c1. The minimum atomic E-state index is -0.971. The van der Waals surface area contributed by atoms with Crippen LogP contribution in [0.2, 0.25) is 0 Å². The molecule has 3 fully saturated rings. The number of aromatic nitrogens is 3. The zero-order valence-electron chi connectivity index (χ0n) is 21.2. The molecule has 3 atom stereocenters. The Kier molecular flexibility index (Phi) is 6.07. The highest BCUT2D eigenvalue weighted by molar-refractivity contribution is 5.95. The molecule has 2 aromatic carbocycles. The van der Waals surface area contributed by atoms with Crippen LogP contribution in [0.15, 0.2) is 54.7 Å². The largest absolute Gasteiger partial charge is 0.478 e. The van der Waals surface area contributed by atoms with E-state index in [-0.39, 0.29) is 22.9 Å². The molecule has 8 heteroatoms. The minimum Gasteiger partial charge on any atom is -0.478 e. The summed E-state index contributed by atoms with van der Waals surface area (Å²) in [6, 6.07) is 16.1. The van der Waals surface area contributed by atoms with Crippen molar-refractivity contribution in [2.75, 3.05) is 32.7 Å². The number of hydrogen-bond acceptors (Lipinski definition) is 5. The van der Waals surface area contributed by atoms with Gasteiger partial charge in [0.05, 0.1) is 23.2 Å². The Balaban J connectivity index is 1.07. The van der Waals surface area contributed by atoms with Crippen LogP contribution in [-0.2, 0) is 11.2 Å². The number of hydrogen-bond donors (Lipinski definition) is 1. The van der Waals surface area contributed by atoms with Gasteiger partial charge in [0, 0.05) is 38.3 Å². The lowest BCUT2D eigenvalue weighted by molar-refractivity contribution is -0.139. The Labute approximate surface area is 216 Å². The number of rotatable bonds is 7. The topological polar surface area (TPSA) is 91.6 Å². The average molecular weight is 500 g/mol. The number of benzene rings is 2. The number of amides is 1. The third-order valence-corrected chi connectivity index (χ3v) is 8.66. The van der Waals surface area contributed by atoms with E-state index in [0.29, 0.717) is 17.2 Å². The predicted octanol–water partition coefficient (Wildman–Crippen LogP) is 3.68. The molecule has 1 N–H and O–H groups in total. The van der Waals surface area contributed by atoms with Crippen LogP contribution in [0.4, 0.5) is 0 Å². The van der Waals surface area contributed by atoms with Gasteiger partial charge in [-0.25, -0.2) is 9.48 Å². The highest BCUT2D eigenvalue weighted by Crippen LogP contribution is 2.68. The summed E-state index contributed by atoms with van der Waals surface area (Å²) in [4.78, 5) is 29.9.